The van der Waals surface area contributed by atoms with Gasteiger partial charge in [0.15, 0.2) is 0 Å². The zero-order chi connectivity index (χ0) is 22.9. The summed E-state index contributed by atoms with van der Waals surface area (Å²) >= 11 is 0. The van der Waals surface area contributed by atoms with Crippen LogP contribution < -0.4 is 11.1 Å². The normalized spacial score (nSPS) is 11.7. The number of rotatable bonds is 7. The molecule has 3 aromatic rings. The van der Waals surface area contributed by atoms with E-state index in [1.165, 1.54) is 19.2 Å². The zero-order valence-electron chi connectivity index (χ0n) is 17.3. The number of nitrogens with zero attached hydrogens (tertiary/aromatic N) is 1. The molecule has 8 nitrogen and oxygen atoms in total. The fourth-order valence-corrected chi connectivity index (χ4v) is 3.58. The lowest BCUT2D eigenvalue weighted by atomic mass is 9.90. The number of benzene rings is 2. The van der Waals surface area contributed by atoms with E-state index in [0.29, 0.717) is 33.4 Å². The minimum absolute atomic E-state index is 0.136. The molecule has 1 unspecified atom stereocenters. The highest BCUT2D eigenvalue weighted by Crippen LogP contribution is 2.32. The molecule has 0 radical (unpaired) electrons. The number of pyridine rings is 1. The molecule has 0 saturated heterocycles. The number of hydrogen-bond donors (Lipinski definition) is 4. The highest BCUT2D eigenvalue weighted by molar-refractivity contribution is 6.10. The van der Waals surface area contributed by atoms with Gasteiger partial charge < -0.3 is 21.6 Å². The average molecular weight is 418 g/mol. The van der Waals surface area contributed by atoms with Crippen molar-refractivity contribution in [3.05, 3.63) is 64.8 Å². The van der Waals surface area contributed by atoms with E-state index in [1.54, 1.807) is 44.2 Å². The average Bonchev–Trinajstić information content (AvgIpc) is 2.68. The molecule has 0 bridgehead atoms. The van der Waals surface area contributed by atoms with Crippen molar-refractivity contribution in [2.45, 2.75) is 26.7 Å². The molecule has 1 atom stereocenters. The first-order valence-corrected chi connectivity index (χ1v) is 9.49. The molecule has 3 rings (SSSR count). The number of ketones is 1. The van der Waals surface area contributed by atoms with Gasteiger partial charge in [0, 0.05) is 23.0 Å². The van der Waals surface area contributed by atoms with Crippen LogP contribution in [0, 0.1) is 12.3 Å². The molecule has 2 aromatic carbocycles. The third-order valence-corrected chi connectivity index (χ3v) is 5.07. The third kappa shape index (κ3) is 4.28. The van der Waals surface area contributed by atoms with E-state index in [2.05, 4.69) is 10.3 Å². The maximum absolute atomic E-state index is 12.0. The Hall–Kier alpha value is -4.07. The number of carboxylic acids is 1. The second kappa shape index (κ2) is 8.35. The summed E-state index contributed by atoms with van der Waals surface area (Å²) in [4.78, 5) is 39.8. The fraction of sp³-hybridized carbons (Fsp3) is 0.174. The Balaban J connectivity index is 2.17. The van der Waals surface area contributed by atoms with Gasteiger partial charge in [0.25, 0.3) is 5.91 Å². The van der Waals surface area contributed by atoms with Gasteiger partial charge in [-0.25, -0.2) is 4.79 Å². The summed E-state index contributed by atoms with van der Waals surface area (Å²) in [6, 6.07) is 9.97. The summed E-state index contributed by atoms with van der Waals surface area (Å²) in [5, 5.41) is 21.0. The Morgan fingerprint density at radius 2 is 1.81 bits per heavy atom. The van der Waals surface area contributed by atoms with Gasteiger partial charge in [-0.3, -0.25) is 14.6 Å². The number of aromatic carboxylic acids is 1. The van der Waals surface area contributed by atoms with Crippen molar-refractivity contribution in [3.63, 3.8) is 0 Å². The Bertz CT molecular complexity index is 1240. The maximum atomic E-state index is 12.0. The Kier molecular flexibility index (Phi) is 5.83. The van der Waals surface area contributed by atoms with Crippen LogP contribution in [0.2, 0.25) is 0 Å². The molecule has 0 aliphatic rings. The summed E-state index contributed by atoms with van der Waals surface area (Å²) in [5.41, 5.74) is 8.63. The maximum Gasteiger partial charge on any atom is 0.336 e. The number of carbonyl (C=O) groups excluding carboxylic acids is 2. The highest BCUT2D eigenvalue weighted by Gasteiger charge is 2.21. The van der Waals surface area contributed by atoms with Gasteiger partial charge in [0.05, 0.1) is 28.2 Å². The first-order valence-electron chi connectivity index (χ1n) is 9.49. The molecule has 158 valence electrons. The van der Waals surface area contributed by atoms with Gasteiger partial charge in [-0.1, -0.05) is 18.2 Å². The number of amides is 1. The third-order valence-electron chi connectivity index (χ3n) is 5.07. The van der Waals surface area contributed by atoms with Gasteiger partial charge in [0.1, 0.15) is 5.78 Å². The molecule has 1 heterocycles. The minimum atomic E-state index is -1.06. The molecule has 0 aliphatic carbocycles. The van der Waals surface area contributed by atoms with Crippen LogP contribution in [0.25, 0.3) is 10.9 Å². The quantitative estimate of drug-likeness (QED) is 0.429. The SMILES string of the molecule is CC(=N)C(C(C)=O)c1ccc2c(Nc3ccc(C)c(C(=O)O)c3)c(C(N)=O)cnc2c1. The topological polar surface area (TPSA) is 146 Å². The standard InChI is InChI=1S/C23H22N4O4/c1-11-4-6-15(9-17(11)23(30)31)27-21-16-7-5-14(20(12(2)24)13(3)28)8-19(16)26-10-18(21)22(25)29/h4-10,20,24H,1-3H3,(H2,25,29)(H,26,27)(H,30,31). The van der Waals surface area contributed by atoms with Crippen LogP contribution in [0.4, 0.5) is 11.4 Å². The molecule has 5 N–H and O–H groups in total. The molecule has 1 aromatic heterocycles. The predicted octanol–water partition coefficient (Wildman–Crippen LogP) is 3.80. The molecule has 0 aliphatic heterocycles. The molecular formula is C23H22N4O4. The van der Waals surface area contributed by atoms with Crippen molar-refractivity contribution in [2.75, 3.05) is 5.32 Å². The van der Waals surface area contributed by atoms with Crippen LogP contribution in [0.1, 0.15) is 51.6 Å². The van der Waals surface area contributed by atoms with Crippen LogP contribution in [-0.4, -0.2) is 33.5 Å². The van der Waals surface area contributed by atoms with Crippen LogP contribution in [0.5, 0.6) is 0 Å². The lowest BCUT2D eigenvalue weighted by Crippen LogP contribution is -2.17. The largest absolute Gasteiger partial charge is 0.478 e. The van der Waals surface area contributed by atoms with E-state index in [-0.39, 0.29) is 22.6 Å². The van der Waals surface area contributed by atoms with Crippen molar-refractivity contribution in [1.82, 2.24) is 4.98 Å². The zero-order valence-corrected chi connectivity index (χ0v) is 17.3. The lowest BCUT2D eigenvalue weighted by Gasteiger charge is -2.17. The summed E-state index contributed by atoms with van der Waals surface area (Å²) in [7, 11) is 0. The molecule has 1 amide bonds. The molecular weight excluding hydrogens is 396 g/mol. The number of carbonyl (C=O) groups is 3. The molecule has 31 heavy (non-hydrogen) atoms. The summed E-state index contributed by atoms with van der Waals surface area (Å²) < 4.78 is 0. The summed E-state index contributed by atoms with van der Waals surface area (Å²) in [6.45, 7) is 4.70. The van der Waals surface area contributed by atoms with Crippen molar-refractivity contribution in [2.24, 2.45) is 5.73 Å². The van der Waals surface area contributed by atoms with E-state index < -0.39 is 17.8 Å². The monoisotopic (exact) mass is 418 g/mol. The van der Waals surface area contributed by atoms with Gasteiger partial charge in [-0.2, -0.15) is 0 Å². The van der Waals surface area contributed by atoms with Crippen molar-refractivity contribution >= 4 is 45.6 Å². The molecule has 0 spiro atoms. The number of anilines is 2. The Morgan fingerprint density at radius 3 is 2.39 bits per heavy atom. The number of fused-ring (bicyclic) bond motifs is 1. The number of primary amides is 1. The van der Waals surface area contributed by atoms with Crippen LogP contribution in [0.15, 0.2) is 42.6 Å². The van der Waals surface area contributed by atoms with Crippen molar-refractivity contribution < 1.29 is 19.5 Å². The van der Waals surface area contributed by atoms with Crippen LogP contribution in [-0.2, 0) is 4.79 Å². The summed E-state index contributed by atoms with van der Waals surface area (Å²) in [5.74, 6) is -2.57. The number of aromatic nitrogens is 1. The second-order valence-electron chi connectivity index (χ2n) is 7.37. The van der Waals surface area contributed by atoms with Gasteiger partial charge in [-0.15, -0.1) is 0 Å². The smallest absolute Gasteiger partial charge is 0.336 e. The number of hydrogen-bond acceptors (Lipinski definition) is 6. The number of carboxylic acid groups (broad SMARTS) is 1. The van der Waals surface area contributed by atoms with E-state index in [0.717, 1.165) is 0 Å². The van der Waals surface area contributed by atoms with E-state index >= 15 is 0 Å². The molecule has 0 saturated carbocycles. The number of Topliss-reactive ketones (excluding diaryl/α,β-unsaturated/α-hetero) is 1. The fourth-order valence-electron chi connectivity index (χ4n) is 3.58. The van der Waals surface area contributed by atoms with Crippen LogP contribution in [0.3, 0.4) is 0 Å². The first-order chi connectivity index (χ1) is 14.6. The Labute approximate surface area is 178 Å². The molecule has 8 heteroatoms. The highest BCUT2D eigenvalue weighted by atomic mass is 16.4. The van der Waals surface area contributed by atoms with Gasteiger partial charge >= 0.3 is 5.97 Å². The predicted molar refractivity (Wildman–Crippen MR) is 119 cm³/mol. The number of nitrogens with one attached hydrogen (secondary N) is 2. The minimum Gasteiger partial charge on any atom is -0.478 e. The van der Waals surface area contributed by atoms with Crippen molar-refractivity contribution in [1.29, 1.82) is 5.41 Å². The van der Waals surface area contributed by atoms with E-state index in [1.807, 2.05) is 0 Å². The van der Waals surface area contributed by atoms with Crippen molar-refractivity contribution in [3.8, 4) is 0 Å². The number of aryl methyl sites for hydroxylation is 1. The first kappa shape index (κ1) is 21.6. The second-order valence-corrected chi connectivity index (χ2v) is 7.37. The summed E-state index contributed by atoms with van der Waals surface area (Å²) in [6.07, 6.45) is 1.34. The van der Waals surface area contributed by atoms with E-state index in [9.17, 15) is 19.5 Å². The van der Waals surface area contributed by atoms with Crippen LogP contribution >= 0.6 is 0 Å². The lowest BCUT2D eigenvalue weighted by molar-refractivity contribution is -0.117. The van der Waals surface area contributed by atoms with Gasteiger partial charge in [0.2, 0.25) is 0 Å². The molecule has 0 fully saturated rings. The number of nitrogens with two attached hydrogens (primary N) is 1. The Morgan fingerprint density at radius 1 is 1.10 bits per heavy atom. The van der Waals surface area contributed by atoms with E-state index in [4.69, 9.17) is 11.1 Å². The van der Waals surface area contributed by atoms with Gasteiger partial charge in [-0.05, 0) is 50.1 Å².